The first kappa shape index (κ1) is 37.3. The van der Waals surface area contributed by atoms with E-state index in [0.717, 1.165) is 92.4 Å². The van der Waals surface area contributed by atoms with Crippen molar-refractivity contribution < 1.29 is 17.6 Å². The molecule has 1 heterocycles. The highest BCUT2D eigenvalue weighted by molar-refractivity contribution is 7.19. The second-order valence-electron chi connectivity index (χ2n) is 15.6. The predicted octanol–water partition coefficient (Wildman–Crippen LogP) is 12.8. The number of nitrogens with zero attached hydrogens (tertiary/aromatic N) is 1. The van der Waals surface area contributed by atoms with E-state index in [-0.39, 0.29) is 17.5 Å². The number of fused-ring (bicyclic) bond motifs is 6. The van der Waals surface area contributed by atoms with E-state index >= 15 is 0 Å². The van der Waals surface area contributed by atoms with Gasteiger partial charge in [0.05, 0.1) is 11.4 Å². The molecule has 0 amide bonds. The number of hydrogen-bond donors (Lipinski definition) is 0. The van der Waals surface area contributed by atoms with Crippen LogP contribution in [0.25, 0.3) is 54.6 Å². The van der Waals surface area contributed by atoms with Crippen molar-refractivity contribution in [2.75, 3.05) is 4.90 Å². The Bertz CT molecular complexity index is 3310. The van der Waals surface area contributed by atoms with Crippen LogP contribution < -0.4 is 25.6 Å². The number of rotatable bonds is 8. The van der Waals surface area contributed by atoms with Gasteiger partial charge in [-0.25, -0.2) is 13.2 Å². The smallest absolute Gasteiger partial charge is 0.179 e. The minimum Gasteiger partial charge on any atom is -0.455 e. The molecule has 2 nitrogen and oxygen atoms in total. The maximum absolute atomic E-state index is 14.6. The molecule has 11 rings (SSSR count). The molecule has 0 atom stereocenters. The Morgan fingerprint density at radius 2 is 0.790 bits per heavy atom. The van der Waals surface area contributed by atoms with Crippen molar-refractivity contribution in [2.45, 2.75) is 0 Å². The molecule has 10 aromatic carbocycles. The zero-order valence-corrected chi connectivity index (χ0v) is 34.3. The van der Waals surface area contributed by atoms with Crippen molar-refractivity contribution in [1.29, 1.82) is 0 Å². The van der Waals surface area contributed by atoms with E-state index in [1.54, 1.807) is 0 Å². The lowest BCUT2D eigenvalue weighted by Gasteiger charge is -2.35. The molecule has 0 saturated heterocycles. The summed E-state index contributed by atoms with van der Waals surface area (Å²) in [5, 5.41) is 9.96. The van der Waals surface area contributed by atoms with E-state index < -0.39 is 8.07 Å². The van der Waals surface area contributed by atoms with Gasteiger partial charge in [0.25, 0.3) is 0 Å². The van der Waals surface area contributed by atoms with E-state index in [1.165, 1.54) is 36.4 Å². The lowest BCUT2D eigenvalue weighted by Crippen LogP contribution is -2.74. The largest absolute Gasteiger partial charge is 0.455 e. The molecule has 1 aromatic heterocycles. The van der Waals surface area contributed by atoms with Gasteiger partial charge >= 0.3 is 0 Å². The van der Waals surface area contributed by atoms with Gasteiger partial charge in [0.2, 0.25) is 0 Å². The van der Waals surface area contributed by atoms with Crippen molar-refractivity contribution in [3.63, 3.8) is 0 Å². The first-order valence-corrected chi connectivity index (χ1v) is 22.6. The van der Waals surface area contributed by atoms with E-state index in [4.69, 9.17) is 4.42 Å². The molecular formula is C56H36F3NOSi. The van der Waals surface area contributed by atoms with Crippen molar-refractivity contribution in [1.82, 2.24) is 0 Å². The SMILES string of the molecule is Fc1ccc([Si](c2ccc(F)cc2)(c2ccc(F)cc2)c2ccc(N(c3ccc(-c4ccccc4)c4ccccc34)c3cccc4c3ccc3c5ccccc5oc43)cc2)cc1. The van der Waals surface area contributed by atoms with Crippen LogP contribution >= 0.6 is 0 Å². The minimum atomic E-state index is -3.30. The fourth-order valence-corrected chi connectivity index (χ4v) is 14.1. The van der Waals surface area contributed by atoms with Crippen LogP contribution in [0.2, 0.25) is 0 Å². The van der Waals surface area contributed by atoms with Gasteiger partial charge in [-0.2, -0.15) is 0 Å². The van der Waals surface area contributed by atoms with Gasteiger partial charge in [-0.05, 0) is 110 Å². The monoisotopic (exact) mass is 823 g/mol. The Balaban J connectivity index is 1.17. The third-order valence-corrected chi connectivity index (χ3v) is 17.0. The maximum Gasteiger partial charge on any atom is 0.179 e. The lowest BCUT2D eigenvalue weighted by molar-refractivity contribution is 0.628. The van der Waals surface area contributed by atoms with Crippen LogP contribution in [0, 0.1) is 17.5 Å². The number of furan rings is 1. The van der Waals surface area contributed by atoms with Gasteiger partial charge in [-0.15, -0.1) is 0 Å². The molecule has 6 heteroatoms. The van der Waals surface area contributed by atoms with Crippen LogP contribution in [0.15, 0.2) is 223 Å². The second-order valence-corrected chi connectivity index (χ2v) is 19.4. The summed E-state index contributed by atoms with van der Waals surface area (Å²) >= 11 is 0. The summed E-state index contributed by atoms with van der Waals surface area (Å²) in [5.74, 6) is -1.08. The Kier molecular flexibility index (Phi) is 9.09. The molecule has 0 aliphatic carbocycles. The predicted molar refractivity (Wildman–Crippen MR) is 252 cm³/mol. The molecule has 0 unspecified atom stereocenters. The summed E-state index contributed by atoms with van der Waals surface area (Å²) < 4.78 is 50.5. The van der Waals surface area contributed by atoms with Gasteiger partial charge in [0.15, 0.2) is 8.07 Å². The second kappa shape index (κ2) is 15.1. The first-order valence-electron chi connectivity index (χ1n) is 20.6. The average molecular weight is 824 g/mol. The van der Waals surface area contributed by atoms with Crippen molar-refractivity contribution in [3.8, 4) is 11.1 Å². The Labute approximate surface area is 357 Å². The topological polar surface area (TPSA) is 16.4 Å². The van der Waals surface area contributed by atoms with Crippen LogP contribution in [0.4, 0.5) is 30.2 Å². The zero-order valence-electron chi connectivity index (χ0n) is 33.3. The average Bonchev–Trinajstić information content (AvgIpc) is 3.71. The summed E-state index contributed by atoms with van der Waals surface area (Å²) in [5.41, 5.74) is 6.80. The van der Waals surface area contributed by atoms with Gasteiger partial charge in [-0.3, -0.25) is 0 Å². The standard InChI is InChI=1S/C56H36F3NOSi/c57-38-17-25-42(26-18-38)62(43-27-19-39(58)20-28-43,44-29-21-40(59)22-30-44)45-31-23-41(24-32-45)60(54-36-35-46(37-9-2-1-3-10-37)47-11-4-5-12-48(47)54)53-15-8-14-51-49(53)33-34-52-50-13-6-7-16-55(50)61-56(51)52/h1-36H. The molecule has 0 bridgehead atoms. The fourth-order valence-electron chi connectivity index (χ4n) is 9.43. The Morgan fingerprint density at radius 3 is 1.40 bits per heavy atom. The van der Waals surface area contributed by atoms with Crippen LogP contribution in [-0.2, 0) is 0 Å². The summed E-state index contributed by atoms with van der Waals surface area (Å²) in [7, 11) is -3.30. The molecule has 0 N–H and O–H groups in total. The first-order chi connectivity index (χ1) is 30.5. The zero-order chi connectivity index (χ0) is 41.8. The van der Waals surface area contributed by atoms with E-state index in [1.807, 2.05) is 60.7 Å². The highest BCUT2D eigenvalue weighted by atomic mass is 28.3. The molecule has 11 aromatic rings. The molecular weight excluding hydrogens is 788 g/mol. The number of benzene rings is 10. The van der Waals surface area contributed by atoms with Crippen LogP contribution in [0.5, 0.6) is 0 Å². The van der Waals surface area contributed by atoms with Gasteiger partial charge in [0.1, 0.15) is 28.6 Å². The molecule has 296 valence electrons. The van der Waals surface area contributed by atoms with Gasteiger partial charge in [-0.1, -0.05) is 146 Å². The number of halogens is 3. The molecule has 0 fully saturated rings. The number of anilines is 3. The summed E-state index contributed by atoms with van der Waals surface area (Å²) in [6.45, 7) is 0. The summed E-state index contributed by atoms with van der Waals surface area (Å²) in [6, 6.07) is 70.3. The molecule has 0 radical (unpaired) electrons. The van der Waals surface area contributed by atoms with Crippen LogP contribution in [0.3, 0.4) is 0 Å². The quantitative estimate of drug-likeness (QED) is 0.112. The van der Waals surface area contributed by atoms with Crippen LogP contribution in [0.1, 0.15) is 0 Å². The fraction of sp³-hybridized carbons (Fsp3) is 0. The third-order valence-electron chi connectivity index (χ3n) is 12.2. The van der Waals surface area contributed by atoms with Crippen molar-refractivity contribution in [3.05, 3.63) is 236 Å². The van der Waals surface area contributed by atoms with Gasteiger partial charge in [0, 0.05) is 32.6 Å². The molecule has 62 heavy (non-hydrogen) atoms. The molecule has 0 saturated carbocycles. The Morgan fingerprint density at radius 1 is 0.339 bits per heavy atom. The molecule has 0 aliphatic heterocycles. The van der Waals surface area contributed by atoms with E-state index in [0.29, 0.717) is 0 Å². The highest BCUT2D eigenvalue weighted by Crippen LogP contribution is 2.45. The molecule has 0 spiro atoms. The minimum absolute atomic E-state index is 0.360. The third kappa shape index (κ3) is 6.10. The number of para-hydroxylation sites is 1. The lowest BCUT2D eigenvalue weighted by atomic mass is 9.96. The van der Waals surface area contributed by atoms with Gasteiger partial charge < -0.3 is 9.32 Å². The van der Waals surface area contributed by atoms with Crippen molar-refractivity contribution in [2.24, 2.45) is 0 Å². The highest BCUT2D eigenvalue weighted by Gasteiger charge is 2.42. The molecule has 0 aliphatic rings. The summed E-state index contributed by atoms with van der Waals surface area (Å²) in [6.07, 6.45) is 0. The summed E-state index contributed by atoms with van der Waals surface area (Å²) in [4.78, 5) is 2.31. The van der Waals surface area contributed by atoms with E-state index in [9.17, 15) is 13.2 Å². The number of hydrogen-bond acceptors (Lipinski definition) is 2. The van der Waals surface area contributed by atoms with E-state index in [2.05, 4.69) is 126 Å². The maximum atomic E-state index is 14.6. The van der Waals surface area contributed by atoms with Crippen LogP contribution in [-0.4, -0.2) is 8.07 Å². The normalized spacial score (nSPS) is 11.8. The Hall–Kier alpha value is -7.67. The van der Waals surface area contributed by atoms with Crippen molar-refractivity contribution >= 4 is 89.4 Å².